The van der Waals surface area contributed by atoms with Gasteiger partial charge in [0.1, 0.15) is 5.82 Å². The van der Waals surface area contributed by atoms with Crippen LogP contribution in [0.25, 0.3) is 77.7 Å². The Morgan fingerprint density at radius 2 is 0.911 bits per heavy atom. The van der Waals surface area contributed by atoms with Gasteiger partial charge in [-0.3, -0.25) is 0 Å². The van der Waals surface area contributed by atoms with Gasteiger partial charge in [0, 0.05) is 16.7 Å². The van der Waals surface area contributed by atoms with E-state index in [-0.39, 0.29) is 5.82 Å². The zero-order chi connectivity index (χ0) is 30.2. The Morgan fingerprint density at radius 3 is 1.64 bits per heavy atom. The molecule has 0 amide bonds. The molecule has 0 saturated heterocycles. The Morgan fingerprint density at radius 1 is 0.356 bits per heavy atom. The van der Waals surface area contributed by atoms with Crippen LogP contribution in [0.15, 0.2) is 164 Å². The summed E-state index contributed by atoms with van der Waals surface area (Å²) in [6.07, 6.45) is 0. The minimum atomic E-state index is -0.291. The second kappa shape index (κ2) is 11.3. The van der Waals surface area contributed by atoms with E-state index in [9.17, 15) is 4.39 Å². The monoisotopic (exact) mass is 578 g/mol. The first kappa shape index (κ1) is 26.7. The van der Waals surface area contributed by atoms with Crippen LogP contribution in [0.3, 0.4) is 0 Å². The van der Waals surface area contributed by atoms with Crippen LogP contribution in [0.4, 0.5) is 4.39 Å². The molecule has 0 radical (unpaired) electrons. The number of benzene rings is 7. The smallest absolute Gasteiger partial charge is 0.160 e. The molecule has 0 N–H and O–H groups in total. The van der Waals surface area contributed by atoms with E-state index < -0.39 is 0 Å². The van der Waals surface area contributed by atoms with Crippen molar-refractivity contribution in [1.82, 2.24) is 9.97 Å². The van der Waals surface area contributed by atoms with Crippen molar-refractivity contribution in [3.8, 4) is 56.2 Å². The zero-order valence-electron chi connectivity index (χ0n) is 24.4. The van der Waals surface area contributed by atoms with Gasteiger partial charge in [0.05, 0.1) is 11.4 Å². The normalized spacial score (nSPS) is 11.2. The van der Waals surface area contributed by atoms with E-state index in [1.807, 2.05) is 18.2 Å². The molecule has 1 heterocycles. The van der Waals surface area contributed by atoms with E-state index in [0.29, 0.717) is 5.82 Å². The van der Waals surface area contributed by atoms with E-state index in [1.165, 1.54) is 39.2 Å². The highest BCUT2D eigenvalue weighted by molar-refractivity contribution is 6.13. The van der Waals surface area contributed by atoms with Crippen LogP contribution in [-0.4, -0.2) is 9.97 Å². The molecule has 0 aliphatic carbocycles. The molecule has 0 spiro atoms. The maximum atomic E-state index is 13.9. The summed E-state index contributed by atoms with van der Waals surface area (Å²) in [4.78, 5) is 10.0. The molecule has 212 valence electrons. The zero-order valence-corrected chi connectivity index (χ0v) is 24.4. The fourth-order valence-electron chi connectivity index (χ4n) is 6.10. The molecule has 0 unspecified atom stereocenters. The molecule has 8 rings (SSSR count). The van der Waals surface area contributed by atoms with Gasteiger partial charge in [-0.2, -0.15) is 0 Å². The standard InChI is InChI=1S/C42H27FN2/c43-35-22-20-29(21-23-35)42-44-40(33-15-8-13-30(24-33)28-10-2-1-3-11-28)27-41(45-42)34-16-9-14-31(25-34)39-26-32-12-4-5-17-36(32)37-18-6-7-19-38(37)39/h1-27H. The summed E-state index contributed by atoms with van der Waals surface area (Å²) >= 11 is 0. The fourth-order valence-corrected chi connectivity index (χ4v) is 6.10. The number of hydrogen-bond donors (Lipinski definition) is 0. The fraction of sp³-hybridized carbons (Fsp3) is 0. The molecule has 1 aromatic heterocycles. The lowest BCUT2D eigenvalue weighted by molar-refractivity contribution is 0.628. The van der Waals surface area contributed by atoms with E-state index in [4.69, 9.17) is 9.97 Å². The maximum Gasteiger partial charge on any atom is 0.160 e. The van der Waals surface area contributed by atoms with Gasteiger partial charge in [-0.25, -0.2) is 14.4 Å². The molecule has 0 aliphatic heterocycles. The predicted molar refractivity (Wildman–Crippen MR) is 184 cm³/mol. The average molecular weight is 579 g/mol. The van der Waals surface area contributed by atoms with Crippen molar-refractivity contribution in [1.29, 1.82) is 0 Å². The van der Waals surface area contributed by atoms with Gasteiger partial charge in [-0.1, -0.05) is 115 Å². The molecule has 0 aliphatic rings. The number of nitrogens with zero attached hydrogens (tertiary/aromatic N) is 2. The van der Waals surface area contributed by atoms with Crippen LogP contribution in [0.1, 0.15) is 0 Å². The van der Waals surface area contributed by atoms with Gasteiger partial charge in [0.25, 0.3) is 0 Å². The summed E-state index contributed by atoms with van der Waals surface area (Å²) < 4.78 is 13.9. The summed E-state index contributed by atoms with van der Waals surface area (Å²) in [5.41, 5.74) is 8.88. The van der Waals surface area contributed by atoms with Crippen molar-refractivity contribution in [2.45, 2.75) is 0 Å². The molecule has 45 heavy (non-hydrogen) atoms. The third-order valence-electron chi connectivity index (χ3n) is 8.33. The number of halogens is 1. The Labute approximate surface area is 261 Å². The van der Waals surface area contributed by atoms with Crippen LogP contribution in [0.5, 0.6) is 0 Å². The lowest BCUT2D eigenvalue weighted by Crippen LogP contribution is -1.96. The van der Waals surface area contributed by atoms with E-state index in [2.05, 4.69) is 121 Å². The van der Waals surface area contributed by atoms with E-state index >= 15 is 0 Å². The largest absolute Gasteiger partial charge is 0.228 e. The molecule has 3 heteroatoms. The summed E-state index contributed by atoms with van der Waals surface area (Å²) in [5, 5.41) is 4.90. The highest BCUT2D eigenvalue weighted by Crippen LogP contribution is 2.37. The summed E-state index contributed by atoms with van der Waals surface area (Å²) in [5.74, 6) is 0.259. The molecule has 7 aromatic carbocycles. The third kappa shape index (κ3) is 5.15. The maximum absolute atomic E-state index is 13.9. The first-order chi connectivity index (χ1) is 22.2. The van der Waals surface area contributed by atoms with Crippen LogP contribution in [0, 0.1) is 5.82 Å². The molecular formula is C42H27FN2. The third-order valence-corrected chi connectivity index (χ3v) is 8.33. The van der Waals surface area contributed by atoms with Gasteiger partial charge in [0.2, 0.25) is 0 Å². The second-order valence-electron chi connectivity index (χ2n) is 11.2. The lowest BCUT2D eigenvalue weighted by atomic mass is 9.92. The molecular weight excluding hydrogens is 551 g/mol. The van der Waals surface area contributed by atoms with Gasteiger partial charge in [-0.15, -0.1) is 0 Å². The minimum absolute atomic E-state index is 0.291. The Balaban J connectivity index is 1.30. The Bertz CT molecular complexity index is 2330. The molecule has 0 fully saturated rings. The Kier molecular flexibility index (Phi) is 6.69. The molecule has 0 bridgehead atoms. The van der Waals surface area contributed by atoms with E-state index in [1.54, 1.807) is 12.1 Å². The van der Waals surface area contributed by atoms with Crippen molar-refractivity contribution in [2.75, 3.05) is 0 Å². The van der Waals surface area contributed by atoms with Crippen molar-refractivity contribution in [3.63, 3.8) is 0 Å². The van der Waals surface area contributed by atoms with Crippen molar-refractivity contribution in [3.05, 3.63) is 170 Å². The molecule has 8 aromatic rings. The van der Waals surface area contributed by atoms with Gasteiger partial charge in [0.15, 0.2) is 5.82 Å². The predicted octanol–water partition coefficient (Wildman–Crippen LogP) is 11.3. The van der Waals surface area contributed by atoms with Crippen molar-refractivity contribution < 1.29 is 4.39 Å². The average Bonchev–Trinajstić information content (AvgIpc) is 3.12. The van der Waals surface area contributed by atoms with Crippen molar-refractivity contribution >= 4 is 21.5 Å². The van der Waals surface area contributed by atoms with E-state index in [0.717, 1.165) is 44.8 Å². The van der Waals surface area contributed by atoms with Crippen LogP contribution < -0.4 is 0 Å². The summed E-state index contributed by atoms with van der Waals surface area (Å²) in [6, 6.07) is 55.1. The quantitative estimate of drug-likeness (QED) is 0.190. The van der Waals surface area contributed by atoms with Crippen LogP contribution in [0.2, 0.25) is 0 Å². The Hall–Kier alpha value is -5.93. The van der Waals surface area contributed by atoms with Gasteiger partial charge >= 0.3 is 0 Å². The highest BCUT2D eigenvalue weighted by Gasteiger charge is 2.14. The number of aromatic nitrogens is 2. The lowest BCUT2D eigenvalue weighted by Gasteiger charge is -2.13. The number of hydrogen-bond acceptors (Lipinski definition) is 2. The first-order valence-electron chi connectivity index (χ1n) is 15.0. The van der Waals surface area contributed by atoms with Gasteiger partial charge < -0.3 is 0 Å². The van der Waals surface area contributed by atoms with Gasteiger partial charge in [-0.05, 0) is 92.3 Å². The van der Waals surface area contributed by atoms with Crippen LogP contribution >= 0.6 is 0 Å². The first-order valence-corrected chi connectivity index (χ1v) is 15.0. The summed E-state index contributed by atoms with van der Waals surface area (Å²) in [7, 11) is 0. The van der Waals surface area contributed by atoms with Crippen molar-refractivity contribution in [2.24, 2.45) is 0 Å². The minimum Gasteiger partial charge on any atom is -0.228 e. The summed E-state index contributed by atoms with van der Waals surface area (Å²) in [6.45, 7) is 0. The van der Waals surface area contributed by atoms with Crippen LogP contribution in [-0.2, 0) is 0 Å². The molecule has 2 nitrogen and oxygen atoms in total. The second-order valence-corrected chi connectivity index (χ2v) is 11.2. The molecule has 0 atom stereocenters. The SMILES string of the molecule is Fc1ccc(-c2nc(-c3cccc(-c4ccccc4)c3)cc(-c3cccc(-c4cc5ccccc5c5ccccc45)c3)n2)cc1. The number of fused-ring (bicyclic) bond motifs is 3. The molecule has 0 saturated carbocycles. The highest BCUT2D eigenvalue weighted by atomic mass is 19.1. The number of rotatable bonds is 5. The topological polar surface area (TPSA) is 25.8 Å².